The molecule has 6 heteroatoms. The van der Waals surface area contributed by atoms with Crippen LogP contribution in [0.3, 0.4) is 0 Å². The summed E-state index contributed by atoms with van der Waals surface area (Å²) in [4.78, 5) is 2.19. The van der Waals surface area contributed by atoms with Crippen LogP contribution in [0.1, 0.15) is 5.56 Å². The lowest BCUT2D eigenvalue weighted by Gasteiger charge is -2.33. The average Bonchev–Trinajstić information content (AvgIpc) is 2.54. The van der Waals surface area contributed by atoms with E-state index >= 15 is 0 Å². The van der Waals surface area contributed by atoms with E-state index in [0.29, 0.717) is 6.54 Å². The molecule has 5 nitrogen and oxygen atoms in total. The third-order valence-corrected chi connectivity index (χ3v) is 5.06. The molecule has 2 aromatic rings. The number of nitrogens with zero attached hydrogens (tertiary/aromatic N) is 1. The van der Waals surface area contributed by atoms with Gasteiger partial charge in [-0.15, -0.1) is 0 Å². The fraction of sp³-hybridized carbons (Fsp3) is 0.294. The minimum absolute atomic E-state index is 0.0190. The Balaban J connectivity index is 1.68. The van der Waals surface area contributed by atoms with E-state index < -0.39 is 10.1 Å². The second-order valence-electron chi connectivity index (χ2n) is 5.64. The van der Waals surface area contributed by atoms with Crippen molar-refractivity contribution in [2.24, 2.45) is 0 Å². The first kappa shape index (κ1) is 15.8. The van der Waals surface area contributed by atoms with Gasteiger partial charge in [0.1, 0.15) is 18.5 Å². The number of hydrogen-bond donors (Lipinski definition) is 0. The summed E-state index contributed by atoms with van der Waals surface area (Å²) in [5, 5.41) is 0. The zero-order valence-electron chi connectivity index (χ0n) is 13.1. The van der Waals surface area contributed by atoms with Crippen LogP contribution < -0.4 is 9.64 Å². The lowest BCUT2D eigenvalue weighted by molar-refractivity contribution is 0.129. The number of ether oxygens (including phenoxy) is 1. The molecule has 1 atom stereocenters. The van der Waals surface area contributed by atoms with Crippen molar-refractivity contribution >= 4 is 15.8 Å². The number of anilines is 1. The Hall–Kier alpha value is -2.05. The smallest absolute Gasteiger partial charge is 0.297 e. The van der Waals surface area contributed by atoms with E-state index in [4.69, 9.17) is 8.92 Å². The maximum Gasteiger partial charge on any atom is 0.297 e. The van der Waals surface area contributed by atoms with Gasteiger partial charge in [0.05, 0.1) is 17.1 Å². The highest BCUT2D eigenvalue weighted by molar-refractivity contribution is 7.86. The maximum atomic E-state index is 12.2. The van der Waals surface area contributed by atoms with E-state index in [1.54, 1.807) is 24.3 Å². The zero-order valence-corrected chi connectivity index (χ0v) is 13.9. The van der Waals surface area contributed by atoms with Crippen molar-refractivity contribution in [1.29, 1.82) is 0 Å². The van der Waals surface area contributed by atoms with Gasteiger partial charge in [-0.05, 0) is 31.2 Å². The van der Waals surface area contributed by atoms with Crippen LogP contribution in [0.25, 0.3) is 0 Å². The standard InChI is InChI=1S/C17H19NO4S/c1-13-7-9-15(10-8-13)23(19,20)21-12-14-11-18(2)16-5-3-4-6-17(16)22-14/h3-10,14H,11-12H2,1-2H3/t14-/m0/s1. The Morgan fingerprint density at radius 2 is 1.87 bits per heavy atom. The fourth-order valence-corrected chi connectivity index (χ4v) is 3.45. The first-order valence-corrected chi connectivity index (χ1v) is 8.79. The van der Waals surface area contributed by atoms with E-state index in [9.17, 15) is 8.42 Å². The third kappa shape index (κ3) is 3.48. The van der Waals surface area contributed by atoms with E-state index in [-0.39, 0.29) is 17.6 Å². The molecule has 0 bridgehead atoms. The summed E-state index contributed by atoms with van der Waals surface area (Å²) in [5.41, 5.74) is 1.99. The molecule has 0 fully saturated rings. The Kier molecular flexibility index (Phi) is 4.28. The Labute approximate surface area is 136 Å². The second-order valence-corrected chi connectivity index (χ2v) is 7.26. The van der Waals surface area contributed by atoms with Gasteiger partial charge < -0.3 is 9.64 Å². The summed E-state index contributed by atoms with van der Waals surface area (Å²) in [7, 11) is -1.82. The average molecular weight is 333 g/mol. The highest BCUT2D eigenvalue weighted by Gasteiger charge is 2.26. The molecular weight excluding hydrogens is 314 g/mol. The molecule has 122 valence electrons. The molecule has 0 radical (unpaired) electrons. The fourth-order valence-electron chi connectivity index (χ4n) is 2.52. The number of aryl methyl sites for hydroxylation is 1. The summed E-state index contributed by atoms with van der Waals surface area (Å²) in [6.07, 6.45) is -0.338. The number of likely N-dealkylation sites (N-methyl/N-ethyl adjacent to an activating group) is 1. The predicted molar refractivity (Wildman–Crippen MR) is 88.4 cm³/mol. The summed E-state index contributed by atoms with van der Waals surface area (Å²) in [5.74, 6) is 0.739. The maximum absolute atomic E-state index is 12.2. The highest BCUT2D eigenvalue weighted by atomic mass is 32.2. The van der Waals surface area contributed by atoms with Crippen molar-refractivity contribution in [1.82, 2.24) is 0 Å². The van der Waals surface area contributed by atoms with Crippen LogP contribution in [-0.4, -0.2) is 34.7 Å². The largest absolute Gasteiger partial charge is 0.484 e. The van der Waals surface area contributed by atoms with Gasteiger partial charge in [-0.2, -0.15) is 8.42 Å². The number of benzene rings is 2. The molecule has 0 unspecified atom stereocenters. The molecular formula is C17H19NO4S. The molecule has 0 N–H and O–H groups in total. The summed E-state index contributed by atoms with van der Waals surface area (Å²) < 4.78 is 35.4. The van der Waals surface area contributed by atoms with Crippen LogP contribution in [0.15, 0.2) is 53.4 Å². The lowest BCUT2D eigenvalue weighted by atomic mass is 10.2. The Morgan fingerprint density at radius 1 is 1.17 bits per heavy atom. The van der Waals surface area contributed by atoms with Crippen molar-refractivity contribution in [2.45, 2.75) is 17.9 Å². The molecule has 0 aromatic heterocycles. The van der Waals surface area contributed by atoms with Gasteiger partial charge in [-0.3, -0.25) is 4.18 Å². The summed E-state index contributed by atoms with van der Waals surface area (Å²) in [6, 6.07) is 14.3. The monoisotopic (exact) mass is 333 g/mol. The number of para-hydroxylation sites is 2. The van der Waals surface area contributed by atoms with Crippen LogP contribution in [0.4, 0.5) is 5.69 Å². The molecule has 1 aliphatic heterocycles. The number of hydrogen-bond acceptors (Lipinski definition) is 5. The minimum atomic E-state index is -3.77. The minimum Gasteiger partial charge on any atom is -0.484 e. The second kappa shape index (κ2) is 6.22. The van der Waals surface area contributed by atoms with Gasteiger partial charge in [0.15, 0.2) is 0 Å². The van der Waals surface area contributed by atoms with Gasteiger partial charge in [-0.1, -0.05) is 29.8 Å². The molecule has 1 heterocycles. The van der Waals surface area contributed by atoms with Gasteiger partial charge in [0.2, 0.25) is 0 Å². The van der Waals surface area contributed by atoms with Gasteiger partial charge in [0, 0.05) is 7.05 Å². The predicted octanol–water partition coefficient (Wildman–Crippen LogP) is 2.60. The first-order chi connectivity index (χ1) is 11.0. The first-order valence-electron chi connectivity index (χ1n) is 7.38. The van der Waals surface area contributed by atoms with Crippen LogP contribution in [-0.2, 0) is 14.3 Å². The van der Waals surface area contributed by atoms with Gasteiger partial charge in [-0.25, -0.2) is 0 Å². The van der Waals surface area contributed by atoms with Gasteiger partial charge >= 0.3 is 0 Å². The molecule has 3 rings (SSSR count). The molecule has 2 aromatic carbocycles. The highest BCUT2D eigenvalue weighted by Crippen LogP contribution is 2.32. The quantitative estimate of drug-likeness (QED) is 0.805. The van der Waals surface area contributed by atoms with Crippen LogP contribution in [0.2, 0.25) is 0 Å². The normalized spacial score (nSPS) is 17.5. The van der Waals surface area contributed by atoms with E-state index in [1.165, 1.54) is 0 Å². The van der Waals surface area contributed by atoms with Crippen molar-refractivity contribution in [3.05, 3.63) is 54.1 Å². The van der Waals surface area contributed by atoms with Crippen molar-refractivity contribution in [3.8, 4) is 5.75 Å². The van der Waals surface area contributed by atoms with E-state index in [1.807, 2.05) is 43.1 Å². The van der Waals surface area contributed by atoms with Gasteiger partial charge in [0.25, 0.3) is 10.1 Å². The van der Waals surface area contributed by atoms with Crippen molar-refractivity contribution < 1.29 is 17.3 Å². The number of fused-ring (bicyclic) bond motifs is 1. The summed E-state index contributed by atoms with van der Waals surface area (Å²) in [6.45, 7) is 2.45. The third-order valence-electron chi connectivity index (χ3n) is 3.77. The van der Waals surface area contributed by atoms with Crippen molar-refractivity contribution in [3.63, 3.8) is 0 Å². The Bertz CT molecular complexity index is 786. The summed E-state index contributed by atoms with van der Waals surface area (Å²) >= 11 is 0. The lowest BCUT2D eigenvalue weighted by Crippen LogP contribution is -2.40. The van der Waals surface area contributed by atoms with Crippen LogP contribution >= 0.6 is 0 Å². The molecule has 1 aliphatic rings. The molecule has 0 aliphatic carbocycles. The topological polar surface area (TPSA) is 55.8 Å². The molecule has 23 heavy (non-hydrogen) atoms. The molecule has 0 spiro atoms. The SMILES string of the molecule is Cc1ccc(S(=O)(=O)OC[C@@H]2CN(C)c3ccccc3O2)cc1. The van der Waals surface area contributed by atoms with Crippen molar-refractivity contribution in [2.75, 3.05) is 25.1 Å². The molecule has 0 saturated carbocycles. The number of rotatable bonds is 4. The van der Waals surface area contributed by atoms with E-state index in [0.717, 1.165) is 17.0 Å². The van der Waals surface area contributed by atoms with Crippen LogP contribution in [0, 0.1) is 6.92 Å². The van der Waals surface area contributed by atoms with Crippen LogP contribution in [0.5, 0.6) is 5.75 Å². The molecule has 0 amide bonds. The molecule has 0 saturated heterocycles. The van der Waals surface area contributed by atoms with E-state index in [2.05, 4.69) is 0 Å². The zero-order chi connectivity index (χ0) is 16.4. The Morgan fingerprint density at radius 3 is 2.61 bits per heavy atom.